The minimum absolute atomic E-state index is 0.0317. The normalized spacial score (nSPS) is 11.5. The fourth-order valence-corrected chi connectivity index (χ4v) is 2.48. The summed E-state index contributed by atoms with van der Waals surface area (Å²) in [4.78, 5) is 22.6. The summed E-state index contributed by atoms with van der Waals surface area (Å²) in [6.45, 7) is 1.28. The van der Waals surface area contributed by atoms with Crippen molar-refractivity contribution in [3.63, 3.8) is 0 Å². The largest absolute Gasteiger partial charge is 0.478 e. The Morgan fingerprint density at radius 3 is 2.57 bits per heavy atom. The van der Waals surface area contributed by atoms with Gasteiger partial charge in [0.2, 0.25) is 5.89 Å². The maximum absolute atomic E-state index is 11.5. The van der Waals surface area contributed by atoms with Gasteiger partial charge in [0, 0.05) is 13.2 Å². The van der Waals surface area contributed by atoms with Gasteiger partial charge in [-0.25, -0.2) is 18.0 Å². The zero-order chi connectivity index (χ0) is 15.8. The zero-order valence-corrected chi connectivity index (χ0v) is 12.0. The first-order valence-electron chi connectivity index (χ1n) is 5.79. The molecule has 0 spiro atoms. The van der Waals surface area contributed by atoms with E-state index < -0.39 is 21.6 Å². The molecule has 8 nitrogen and oxygen atoms in total. The summed E-state index contributed by atoms with van der Waals surface area (Å²) in [5.41, 5.74) is 0.0516. The average Bonchev–Trinajstić information content (AvgIpc) is 2.66. The van der Waals surface area contributed by atoms with Crippen molar-refractivity contribution in [1.29, 1.82) is 0 Å². The highest BCUT2D eigenvalue weighted by molar-refractivity contribution is 7.90. The highest BCUT2D eigenvalue weighted by Crippen LogP contribution is 2.17. The second-order valence-corrected chi connectivity index (χ2v) is 6.46. The first-order valence-corrected chi connectivity index (χ1v) is 7.68. The van der Waals surface area contributed by atoms with Crippen molar-refractivity contribution in [3.05, 3.63) is 45.8 Å². The van der Waals surface area contributed by atoms with Crippen LogP contribution < -0.4 is 5.76 Å². The van der Waals surface area contributed by atoms with Crippen LogP contribution >= 0.6 is 0 Å². The Morgan fingerprint density at radius 1 is 1.43 bits per heavy atom. The van der Waals surface area contributed by atoms with E-state index in [2.05, 4.69) is 5.10 Å². The molecule has 1 aromatic carbocycles. The van der Waals surface area contributed by atoms with Crippen molar-refractivity contribution < 1.29 is 22.7 Å². The van der Waals surface area contributed by atoms with Crippen LogP contribution in [0.5, 0.6) is 0 Å². The summed E-state index contributed by atoms with van der Waals surface area (Å²) in [5, 5.41) is 12.9. The van der Waals surface area contributed by atoms with Crippen molar-refractivity contribution in [2.24, 2.45) is 0 Å². The van der Waals surface area contributed by atoms with Gasteiger partial charge in [-0.15, -0.1) is 5.10 Å². The van der Waals surface area contributed by atoms with Gasteiger partial charge in [-0.3, -0.25) is 0 Å². The molecule has 2 rings (SSSR count). The van der Waals surface area contributed by atoms with Gasteiger partial charge in [0.25, 0.3) is 0 Å². The minimum Gasteiger partial charge on any atom is -0.478 e. The molecule has 0 saturated heterocycles. The van der Waals surface area contributed by atoms with E-state index in [-0.39, 0.29) is 28.5 Å². The van der Waals surface area contributed by atoms with Crippen LogP contribution in [0.15, 0.2) is 32.3 Å². The molecule has 0 aliphatic carbocycles. The van der Waals surface area contributed by atoms with Crippen LogP contribution in [0.1, 0.15) is 21.8 Å². The van der Waals surface area contributed by atoms with Crippen LogP contribution in [-0.4, -0.2) is 35.5 Å². The molecule has 1 heterocycles. The Labute approximate surface area is 119 Å². The molecular formula is C12H12N2O6S. The standard InChI is InChI=1S/C12H12N2O6S/c1-7-13-14(12(17)20-7)6-8-5-9(21(2,18)19)3-4-10(8)11(15)16/h3-5H,6H2,1-2H3,(H,15,16). The lowest BCUT2D eigenvalue weighted by molar-refractivity contribution is 0.0695. The van der Waals surface area contributed by atoms with Gasteiger partial charge in [0.1, 0.15) is 0 Å². The van der Waals surface area contributed by atoms with Crippen molar-refractivity contribution in [2.75, 3.05) is 6.26 Å². The highest BCUT2D eigenvalue weighted by Gasteiger charge is 2.17. The molecule has 0 atom stereocenters. The van der Waals surface area contributed by atoms with Crippen molar-refractivity contribution in [1.82, 2.24) is 9.78 Å². The number of benzene rings is 1. The van der Waals surface area contributed by atoms with E-state index in [1.165, 1.54) is 25.1 Å². The second-order valence-electron chi connectivity index (χ2n) is 4.44. The molecule has 1 N–H and O–H groups in total. The fraction of sp³-hybridized carbons (Fsp3) is 0.250. The number of carbonyl (C=O) groups is 1. The van der Waals surface area contributed by atoms with Gasteiger partial charge in [-0.1, -0.05) is 0 Å². The first kappa shape index (κ1) is 15.0. The number of rotatable bonds is 4. The Hall–Kier alpha value is -2.42. The third-order valence-electron chi connectivity index (χ3n) is 2.76. The maximum Gasteiger partial charge on any atom is 0.437 e. The first-order chi connectivity index (χ1) is 9.68. The van der Waals surface area contributed by atoms with E-state index in [4.69, 9.17) is 9.52 Å². The van der Waals surface area contributed by atoms with Crippen LogP contribution in [0.25, 0.3) is 0 Å². The lowest BCUT2D eigenvalue weighted by Gasteiger charge is -2.07. The van der Waals surface area contributed by atoms with E-state index in [1.54, 1.807) is 0 Å². The van der Waals surface area contributed by atoms with E-state index in [0.29, 0.717) is 0 Å². The molecule has 0 fully saturated rings. The number of aromatic carboxylic acids is 1. The number of hydrogen-bond donors (Lipinski definition) is 1. The molecule has 0 aliphatic heterocycles. The van der Waals surface area contributed by atoms with Crippen LogP contribution in [-0.2, 0) is 16.4 Å². The number of hydrogen-bond acceptors (Lipinski definition) is 6. The van der Waals surface area contributed by atoms with Gasteiger partial charge in [0.05, 0.1) is 17.0 Å². The van der Waals surface area contributed by atoms with Crippen LogP contribution in [0, 0.1) is 6.92 Å². The summed E-state index contributed by atoms with van der Waals surface area (Å²) >= 11 is 0. The lowest BCUT2D eigenvalue weighted by Crippen LogP contribution is -2.19. The topological polar surface area (TPSA) is 119 Å². The van der Waals surface area contributed by atoms with E-state index in [9.17, 15) is 18.0 Å². The SMILES string of the molecule is Cc1nn(Cc2cc(S(C)(=O)=O)ccc2C(=O)O)c(=O)o1. The maximum atomic E-state index is 11.5. The fourth-order valence-electron chi connectivity index (χ4n) is 1.81. The lowest BCUT2D eigenvalue weighted by atomic mass is 10.1. The molecule has 0 amide bonds. The number of sulfone groups is 1. The van der Waals surface area contributed by atoms with Crippen molar-refractivity contribution in [2.45, 2.75) is 18.4 Å². The number of carboxylic acids is 1. The molecule has 0 radical (unpaired) electrons. The Balaban J connectivity index is 2.56. The molecule has 1 aromatic heterocycles. The minimum atomic E-state index is -3.49. The van der Waals surface area contributed by atoms with Gasteiger partial charge < -0.3 is 9.52 Å². The Morgan fingerprint density at radius 2 is 2.10 bits per heavy atom. The van der Waals surface area contributed by atoms with Gasteiger partial charge >= 0.3 is 11.7 Å². The summed E-state index contributed by atoms with van der Waals surface area (Å²) in [6, 6.07) is 3.61. The van der Waals surface area contributed by atoms with Gasteiger partial charge in [-0.05, 0) is 23.8 Å². The molecule has 9 heteroatoms. The third kappa shape index (κ3) is 3.19. The van der Waals surface area contributed by atoms with Gasteiger partial charge in [0.15, 0.2) is 9.84 Å². The summed E-state index contributed by atoms with van der Waals surface area (Å²) in [6.07, 6.45) is 1.01. The average molecular weight is 312 g/mol. The molecule has 0 aliphatic rings. The summed E-state index contributed by atoms with van der Waals surface area (Å²) in [5.74, 6) is -1.83. The number of nitrogens with zero attached hydrogens (tertiary/aromatic N) is 2. The Kier molecular flexibility index (Phi) is 3.69. The molecule has 112 valence electrons. The van der Waals surface area contributed by atoms with Crippen LogP contribution in [0.4, 0.5) is 0 Å². The number of carboxylic acid groups (broad SMARTS) is 1. The van der Waals surface area contributed by atoms with Crippen molar-refractivity contribution >= 4 is 15.8 Å². The monoisotopic (exact) mass is 312 g/mol. The predicted octanol–water partition coefficient (Wildman–Crippen LogP) is 0.295. The third-order valence-corrected chi connectivity index (χ3v) is 3.87. The Bertz CT molecular complexity index is 862. The van der Waals surface area contributed by atoms with Crippen LogP contribution in [0.2, 0.25) is 0 Å². The molecule has 2 aromatic rings. The summed E-state index contributed by atoms with van der Waals surface area (Å²) in [7, 11) is -3.49. The molecule has 0 bridgehead atoms. The number of aryl methyl sites for hydroxylation is 1. The smallest absolute Gasteiger partial charge is 0.437 e. The quantitative estimate of drug-likeness (QED) is 0.861. The molecule has 0 saturated carbocycles. The molecule has 21 heavy (non-hydrogen) atoms. The second kappa shape index (κ2) is 5.17. The summed E-state index contributed by atoms with van der Waals surface area (Å²) < 4.78 is 28.7. The zero-order valence-electron chi connectivity index (χ0n) is 11.2. The van der Waals surface area contributed by atoms with Crippen molar-refractivity contribution in [3.8, 4) is 0 Å². The van der Waals surface area contributed by atoms with E-state index >= 15 is 0 Å². The van der Waals surface area contributed by atoms with Crippen LogP contribution in [0.3, 0.4) is 0 Å². The number of aromatic nitrogens is 2. The van der Waals surface area contributed by atoms with Gasteiger partial charge in [-0.2, -0.15) is 4.68 Å². The molecular weight excluding hydrogens is 300 g/mol. The molecule has 0 unspecified atom stereocenters. The van der Waals surface area contributed by atoms with E-state index in [0.717, 1.165) is 10.9 Å². The predicted molar refractivity (Wildman–Crippen MR) is 71.1 cm³/mol. The highest BCUT2D eigenvalue weighted by atomic mass is 32.2. The van der Waals surface area contributed by atoms with E-state index in [1.807, 2.05) is 0 Å².